The number of rotatable bonds is 7. The first-order chi connectivity index (χ1) is 13.4. The average molecular weight is 387 g/mol. The number of nitrogens with zero attached hydrogens (tertiary/aromatic N) is 1. The van der Waals surface area contributed by atoms with Crippen molar-refractivity contribution in [3.05, 3.63) is 41.3 Å². The van der Waals surface area contributed by atoms with Gasteiger partial charge >= 0.3 is 5.97 Å². The van der Waals surface area contributed by atoms with Crippen LogP contribution in [0.5, 0.6) is 0 Å². The normalized spacial score (nSPS) is 22.2. The van der Waals surface area contributed by atoms with E-state index in [1.807, 2.05) is 19.1 Å². The summed E-state index contributed by atoms with van der Waals surface area (Å²) < 4.78 is 21.8. The van der Waals surface area contributed by atoms with Crippen molar-refractivity contribution in [3.63, 3.8) is 0 Å². The number of carbonyl (C=O) groups excluding carboxylic acids is 1. The maximum atomic E-state index is 11.7. The van der Waals surface area contributed by atoms with Gasteiger partial charge in [-0.25, -0.2) is 9.78 Å². The summed E-state index contributed by atoms with van der Waals surface area (Å²) in [7, 11) is 1.34. The number of hydrogen-bond acceptors (Lipinski definition) is 6. The van der Waals surface area contributed by atoms with E-state index in [1.165, 1.54) is 12.7 Å². The number of ether oxygens (including phenoxy) is 3. The van der Waals surface area contributed by atoms with Crippen molar-refractivity contribution >= 4 is 5.97 Å². The minimum absolute atomic E-state index is 0.291. The van der Waals surface area contributed by atoms with Gasteiger partial charge in [-0.2, -0.15) is 0 Å². The first-order valence-electron chi connectivity index (χ1n) is 9.81. The molecule has 152 valence electrons. The van der Waals surface area contributed by atoms with Crippen LogP contribution in [-0.4, -0.2) is 37.1 Å². The van der Waals surface area contributed by atoms with Gasteiger partial charge in [0.2, 0.25) is 5.89 Å². The summed E-state index contributed by atoms with van der Waals surface area (Å²) in [4.78, 5) is 16.4. The smallest absolute Gasteiger partial charge is 0.366 e. The molecule has 28 heavy (non-hydrogen) atoms. The fraction of sp³-hybridized carbons (Fsp3) is 0.545. The first kappa shape index (κ1) is 20.6. The Hall–Kier alpha value is -2.18. The van der Waals surface area contributed by atoms with Gasteiger partial charge in [0.1, 0.15) is 5.76 Å². The highest BCUT2D eigenvalue weighted by Gasteiger charge is 2.41. The van der Waals surface area contributed by atoms with Crippen molar-refractivity contribution in [2.75, 3.05) is 20.3 Å². The van der Waals surface area contributed by atoms with Gasteiger partial charge in [0.25, 0.3) is 5.79 Å². The summed E-state index contributed by atoms with van der Waals surface area (Å²) in [6.07, 6.45) is 3.93. The maximum Gasteiger partial charge on any atom is 0.366 e. The molecular formula is C22H29NO5. The highest BCUT2D eigenvalue weighted by molar-refractivity contribution is 5.77. The van der Waals surface area contributed by atoms with Gasteiger partial charge < -0.3 is 18.6 Å². The SMILES string of the molecule is COC(=O)C1(C)OCC(CCCCc2nc(-c3ccc(C)cc3)oc2C)CO1. The molecule has 2 aromatic rings. The van der Waals surface area contributed by atoms with Gasteiger partial charge in [0.15, 0.2) is 0 Å². The van der Waals surface area contributed by atoms with Crippen LogP contribution in [0.1, 0.15) is 43.2 Å². The maximum absolute atomic E-state index is 11.7. The van der Waals surface area contributed by atoms with Crippen LogP contribution < -0.4 is 0 Å². The molecule has 0 radical (unpaired) electrons. The number of aryl methyl sites for hydroxylation is 3. The summed E-state index contributed by atoms with van der Waals surface area (Å²) in [5, 5.41) is 0. The van der Waals surface area contributed by atoms with Gasteiger partial charge in [-0.1, -0.05) is 24.1 Å². The highest BCUT2D eigenvalue weighted by Crippen LogP contribution is 2.26. The Bertz CT molecular complexity index is 788. The van der Waals surface area contributed by atoms with E-state index in [0.29, 0.717) is 25.0 Å². The molecular weight excluding hydrogens is 358 g/mol. The number of oxazole rings is 1. The molecule has 6 nitrogen and oxygen atoms in total. The summed E-state index contributed by atoms with van der Waals surface area (Å²) in [6.45, 7) is 6.65. The third-order valence-corrected chi connectivity index (χ3v) is 5.21. The van der Waals surface area contributed by atoms with E-state index < -0.39 is 11.8 Å². The molecule has 0 spiro atoms. The summed E-state index contributed by atoms with van der Waals surface area (Å²) in [6, 6.07) is 8.20. The molecule has 0 unspecified atom stereocenters. The quantitative estimate of drug-likeness (QED) is 0.523. The molecule has 1 aromatic carbocycles. The Morgan fingerprint density at radius 1 is 1.18 bits per heavy atom. The lowest BCUT2D eigenvalue weighted by Crippen LogP contribution is -2.48. The van der Waals surface area contributed by atoms with E-state index in [-0.39, 0.29) is 0 Å². The number of methoxy groups -OCH3 is 1. The highest BCUT2D eigenvalue weighted by atomic mass is 16.7. The minimum Gasteiger partial charge on any atom is -0.465 e. The Kier molecular flexibility index (Phi) is 6.52. The summed E-state index contributed by atoms with van der Waals surface area (Å²) in [5.74, 6) is 0.101. The van der Waals surface area contributed by atoms with Crippen LogP contribution in [0.2, 0.25) is 0 Å². The molecule has 1 aliphatic heterocycles. The second-order valence-corrected chi connectivity index (χ2v) is 7.56. The molecule has 0 atom stereocenters. The van der Waals surface area contributed by atoms with E-state index in [4.69, 9.17) is 18.6 Å². The molecule has 1 fully saturated rings. The Morgan fingerprint density at radius 2 is 1.86 bits per heavy atom. The van der Waals surface area contributed by atoms with Gasteiger partial charge in [-0.3, -0.25) is 0 Å². The van der Waals surface area contributed by atoms with E-state index in [0.717, 1.165) is 42.7 Å². The lowest BCUT2D eigenvalue weighted by Gasteiger charge is -2.35. The molecule has 0 N–H and O–H groups in total. The van der Waals surface area contributed by atoms with Gasteiger partial charge in [-0.05, 0) is 45.2 Å². The van der Waals surface area contributed by atoms with Crippen LogP contribution in [-0.2, 0) is 25.4 Å². The van der Waals surface area contributed by atoms with Crippen molar-refractivity contribution < 1.29 is 23.4 Å². The molecule has 0 saturated carbocycles. The topological polar surface area (TPSA) is 70.8 Å². The van der Waals surface area contributed by atoms with Crippen molar-refractivity contribution in [2.45, 2.75) is 52.2 Å². The number of benzene rings is 1. The zero-order valence-corrected chi connectivity index (χ0v) is 17.1. The van der Waals surface area contributed by atoms with E-state index >= 15 is 0 Å². The summed E-state index contributed by atoms with van der Waals surface area (Å²) >= 11 is 0. The Labute approximate surface area is 166 Å². The van der Waals surface area contributed by atoms with E-state index in [2.05, 4.69) is 24.0 Å². The molecule has 0 amide bonds. The first-order valence-corrected chi connectivity index (χ1v) is 9.81. The fourth-order valence-corrected chi connectivity index (χ4v) is 3.32. The van der Waals surface area contributed by atoms with E-state index in [1.54, 1.807) is 6.92 Å². The molecule has 3 rings (SSSR count). The molecule has 0 aliphatic carbocycles. The minimum atomic E-state index is -1.27. The Morgan fingerprint density at radius 3 is 2.50 bits per heavy atom. The molecule has 6 heteroatoms. The monoisotopic (exact) mass is 387 g/mol. The molecule has 1 aromatic heterocycles. The van der Waals surface area contributed by atoms with Gasteiger partial charge in [0.05, 0.1) is 26.0 Å². The summed E-state index contributed by atoms with van der Waals surface area (Å²) in [5.41, 5.74) is 3.24. The number of hydrogen-bond donors (Lipinski definition) is 0. The van der Waals surface area contributed by atoms with Gasteiger partial charge in [0, 0.05) is 18.4 Å². The second kappa shape index (κ2) is 8.88. The van der Waals surface area contributed by atoms with Gasteiger partial charge in [-0.15, -0.1) is 0 Å². The molecule has 0 bridgehead atoms. The van der Waals surface area contributed by atoms with Crippen LogP contribution in [0.4, 0.5) is 0 Å². The number of esters is 1. The van der Waals surface area contributed by atoms with Crippen molar-refractivity contribution in [2.24, 2.45) is 5.92 Å². The van der Waals surface area contributed by atoms with Crippen molar-refractivity contribution in [1.82, 2.24) is 4.98 Å². The lowest BCUT2D eigenvalue weighted by atomic mass is 10.0. The fourth-order valence-electron chi connectivity index (χ4n) is 3.32. The average Bonchev–Trinajstić information content (AvgIpc) is 3.07. The van der Waals surface area contributed by atoms with Crippen LogP contribution in [0.25, 0.3) is 11.5 Å². The molecule has 1 aliphatic rings. The largest absolute Gasteiger partial charge is 0.465 e. The Balaban J connectivity index is 1.44. The molecule has 2 heterocycles. The second-order valence-electron chi connectivity index (χ2n) is 7.56. The zero-order valence-electron chi connectivity index (χ0n) is 17.1. The third-order valence-electron chi connectivity index (χ3n) is 5.21. The van der Waals surface area contributed by atoms with E-state index in [9.17, 15) is 4.79 Å². The van der Waals surface area contributed by atoms with Crippen LogP contribution in [0, 0.1) is 19.8 Å². The number of aromatic nitrogens is 1. The number of unbranched alkanes of at least 4 members (excludes halogenated alkanes) is 1. The predicted molar refractivity (Wildman–Crippen MR) is 105 cm³/mol. The lowest BCUT2D eigenvalue weighted by molar-refractivity contribution is -0.272. The van der Waals surface area contributed by atoms with Crippen LogP contribution in [0.15, 0.2) is 28.7 Å². The van der Waals surface area contributed by atoms with Crippen molar-refractivity contribution in [1.29, 1.82) is 0 Å². The van der Waals surface area contributed by atoms with Crippen LogP contribution in [0.3, 0.4) is 0 Å². The van der Waals surface area contributed by atoms with Crippen LogP contribution >= 0.6 is 0 Å². The third kappa shape index (κ3) is 4.80. The zero-order chi connectivity index (χ0) is 20.1. The molecule has 1 saturated heterocycles. The number of carbonyl (C=O) groups is 1. The standard InChI is InChI=1S/C22H29NO5/c1-15-9-11-18(12-10-15)20-23-19(16(2)28-20)8-6-5-7-17-13-26-22(3,27-14-17)21(24)25-4/h9-12,17H,5-8,13-14H2,1-4H3. The predicted octanol–water partition coefficient (Wildman–Crippen LogP) is 4.22. The van der Waals surface area contributed by atoms with Crippen molar-refractivity contribution in [3.8, 4) is 11.5 Å².